The lowest BCUT2D eigenvalue weighted by atomic mass is 10.2. The first-order chi connectivity index (χ1) is 13.5. The fourth-order valence-electron chi connectivity index (χ4n) is 2.62. The van der Waals surface area contributed by atoms with E-state index >= 15 is 0 Å². The van der Waals surface area contributed by atoms with Crippen LogP contribution in [0.1, 0.15) is 29.8 Å². The number of ether oxygens (including phenoxy) is 2. The summed E-state index contributed by atoms with van der Waals surface area (Å²) >= 11 is 0. The third-order valence-corrected chi connectivity index (χ3v) is 4.15. The average molecular weight is 379 g/mol. The predicted octanol–water partition coefficient (Wildman–Crippen LogP) is 4.23. The van der Waals surface area contributed by atoms with Crippen molar-refractivity contribution < 1.29 is 14.3 Å². The zero-order valence-electron chi connectivity index (χ0n) is 16.4. The molecule has 1 aromatic heterocycles. The van der Waals surface area contributed by atoms with E-state index in [-0.39, 0.29) is 5.91 Å². The van der Waals surface area contributed by atoms with Gasteiger partial charge in [-0.2, -0.15) is 5.10 Å². The van der Waals surface area contributed by atoms with Crippen molar-refractivity contribution in [2.24, 2.45) is 5.92 Å². The molecular formula is C22H25N3O3. The van der Waals surface area contributed by atoms with E-state index in [1.54, 1.807) is 36.2 Å². The number of rotatable bonds is 8. The first kappa shape index (κ1) is 19.5. The molecule has 1 N–H and O–H groups in total. The average Bonchev–Trinajstić information content (AvgIpc) is 3.13. The van der Waals surface area contributed by atoms with Crippen LogP contribution >= 0.6 is 0 Å². The molecule has 146 valence electrons. The third kappa shape index (κ3) is 5.13. The SMILES string of the molecule is COc1ccc(Cn2nccc2NC(=O)c2ccc(OCC(C)C)cc2)cc1. The van der Waals surface area contributed by atoms with E-state index in [2.05, 4.69) is 24.3 Å². The molecular weight excluding hydrogens is 354 g/mol. The molecule has 0 saturated heterocycles. The van der Waals surface area contributed by atoms with Crippen molar-refractivity contribution in [1.82, 2.24) is 9.78 Å². The highest BCUT2D eigenvalue weighted by molar-refractivity contribution is 6.03. The maximum Gasteiger partial charge on any atom is 0.256 e. The minimum Gasteiger partial charge on any atom is -0.497 e. The second-order valence-electron chi connectivity index (χ2n) is 6.91. The van der Waals surface area contributed by atoms with Crippen LogP contribution in [0.15, 0.2) is 60.8 Å². The van der Waals surface area contributed by atoms with Crippen LogP contribution in [0.25, 0.3) is 0 Å². The second kappa shape index (κ2) is 9.08. The molecule has 0 saturated carbocycles. The quantitative estimate of drug-likeness (QED) is 0.636. The van der Waals surface area contributed by atoms with Crippen LogP contribution in [-0.2, 0) is 6.54 Å². The third-order valence-electron chi connectivity index (χ3n) is 4.15. The summed E-state index contributed by atoms with van der Waals surface area (Å²) in [5.74, 6) is 2.47. The van der Waals surface area contributed by atoms with E-state index in [1.165, 1.54) is 0 Å². The largest absolute Gasteiger partial charge is 0.497 e. The number of carbonyl (C=O) groups excluding carboxylic acids is 1. The Labute approximate surface area is 165 Å². The van der Waals surface area contributed by atoms with Crippen molar-refractivity contribution in [1.29, 1.82) is 0 Å². The van der Waals surface area contributed by atoms with Crippen molar-refractivity contribution in [2.45, 2.75) is 20.4 Å². The van der Waals surface area contributed by atoms with Crippen LogP contribution in [0.2, 0.25) is 0 Å². The fraction of sp³-hybridized carbons (Fsp3) is 0.273. The molecule has 1 amide bonds. The monoisotopic (exact) mass is 379 g/mol. The lowest BCUT2D eigenvalue weighted by Crippen LogP contribution is -2.16. The van der Waals surface area contributed by atoms with Crippen LogP contribution < -0.4 is 14.8 Å². The van der Waals surface area contributed by atoms with Crippen LogP contribution in [0.3, 0.4) is 0 Å². The number of benzene rings is 2. The number of anilines is 1. The van der Waals surface area contributed by atoms with Crippen molar-refractivity contribution >= 4 is 11.7 Å². The zero-order valence-corrected chi connectivity index (χ0v) is 16.4. The molecule has 3 rings (SSSR count). The van der Waals surface area contributed by atoms with Crippen molar-refractivity contribution in [3.8, 4) is 11.5 Å². The van der Waals surface area contributed by atoms with Crippen molar-refractivity contribution in [3.05, 3.63) is 71.9 Å². The maximum atomic E-state index is 12.6. The highest BCUT2D eigenvalue weighted by atomic mass is 16.5. The van der Waals surface area contributed by atoms with E-state index in [0.717, 1.165) is 17.1 Å². The number of aromatic nitrogens is 2. The van der Waals surface area contributed by atoms with Gasteiger partial charge in [0.1, 0.15) is 17.3 Å². The highest BCUT2D eigenvalue weighted by Gasteiger charge is 2.10. The zero-order chi connectivity index (χ0) is 19.9. The molecule has 0 radical (unpaired) electrons. The summed E-state index contributed by atoms with van der Waals surface area (Å²) in [7, 11) is 1.64. The molecule has 0 aliphatic carbocycles. The van der Waals surface area contributed by atoms with Crippen molar-refractivity contribution in [2.75, 3.05) is 19.0 Å². The van der Waals surface area contributed by atoms with Gasteiger partial charge < -0.3 is 14.8 Å². The number of methoxy groups -OCH3 is 1. The second-order valence-corrected chi connectivity index (χ2v) is 6.91. The van der Waals surface area contributed by atoms with Gasteiger partial charge in [0, 0.05) is 11.6 Å². The number of nitrogens with one attached hydrogen (secondary N) is 1. The summed E-state index contributed by atoms with van der Waals surface area (Å²) in [5, 5.41) is 7.22. The summed E-state index contributed by atoms with van der Waals surface area (Å²) in [4.78, 5) is 12.6. The van der Waals surface area contributed by atoms with E-state index in [9.17, 15) is 4.79 Å². The van der Waals surface area contributed by atoms with Gasteiger partial charge in [0.15, 0.2) is 0 Å². The molecule has 0 bridgehead atoms. The molecule has 28 heavy (non-hydrogen) atoms. The summed E-state index contributed by atoms with van der Waals surface area (Å²) in [6.45, 7) is 5.39. The molecule has 6 nitrogen and oxygen atoms in total. The smallest absolute Gasteiger partial charge is 0.256 e. The van der Waals surface area contributed by atoms with Gasteiger partial charge in [-0.3, -0.25) is 4.79 Å². The van der Waals surface area contributed by atoms with Crippen LogP contribution in [0.5, 0.6) is 11.5 Å². The van der Waals surface area contributed by atoms with Gasteiger partial charge >= 0.3 is 0 Å². The first-order valence-corrected chi connectivity index (χ1v) is 9.24. The van der Waals surface area contributed by atoms with E-state index in [1.807, 2.05) is 36.4 Å². The molecule has 3 aromatic rings. The van der Waals surface area contributed by atoms with Gasteiger partial charge in [-0.1, -0.05) is 26.0 Å². The maximum absolute atomic E-state index is 12.6. The lowest BCUT2D eigenvalue weighted by molar-refractivity contribution is 0.102. The van der Waals surface area contributed by atoms with Gasteiger partial charge in [-0.05, 0) is 47.9 Å². The van der Waals surface area contributed by atoms with Gasteiger partial charge in [-0.25, -0.2) is 4.68 Å². The Morgan fingerprint density at radius 3 is 2.36 bits per heavy atom. The van der Waals surface area contributed by atoms with Crippen LogP contribution in [-0.4, -0.2) is 29.4 Å². The van der Waals surface area contributed by atoms with Crippen LogP contribution in [0, 0.1) is 5.92 Å². The Bertz CT molecular complexity index is 900. The predicted molar refractivity (Wildman–Crippen MR) is 109 cm³/mol. The van der Waals surface area contributed by atoms with Gasteiger partial charge in [0.05, 0.1) is 26.5 Å². The topological polar surface area (TPSA) is 65.4 Å². The van der Waals surface area contributed by atoms with Gasteiger partial charge in [-0.15, -0.1) is 0 Å². The molecule has 0 aliphatic rings. The summed E-state index contributed by atoms with van der Waals surface area (Å²) in [6, 6.07) is 16.7. The number of amides is 1. The molecule has 2 aromatic carbocycles. The molecule has 0 aliphatic heterocycles. The number of carbonyl (C=O) groups is 1. The Hall–Kier alpha value is -3.28. The van der Waals surface area contributed by atoms with E-state index in [0.29, 0.717) is 30.5 Å². The minimum atomic E-state index is -0.188. The number of hydrogen-bond donors (Lipinski definition) is 1. The van der Waals surface area contributed by atoms with Gasteiger partial charge in [0.25, 0.3) is 5.91 Å². The van der Waals surface area contributed by atoms with E-state index < -0.39 is 0 Å². The molecule has 6 heteroatoms. The van der Waals surface area contributed by atoms with Crippen molar-refractivity contribution in [3.63, 3.8) is 0 Å². The Morgan fingerprint density at radius 2 is 1.71 bits per heavy atom. The number of nitrogens with zero attached hydrogens (tertiary/aromatic N) is 2. The molecule has 0 unspecified atom stereocenters. The summed E-state index contributed by atoms with van der Waals surface area (Å²) in [5.41, 5.74) is 1.63. The molecule has 0 fully saturated rings. The Morgan fingerprint density at radius 1 is 1.04 bits per heavy atom. The first-order valence-electron chi connectivity index (χ1n) is 9.24. The normalized spacial score (nSPS) is 10.7. The van der Waals surface area contributed by atoms with Crippen LogP contribution in [0.4, 0.5) is 5.82 Å². The Kier molecular flexibility index (Phi) is 6.32. The minimum absolute atomic E-state index is 0.188. The fourth-order valence-corrected chi connectivity index (χ4v) is 2.62. The lowest BCUT2D eigenvalue weighted by Gasteiger charge is -2.11. The Balaban J connectivity index is 1.63. The summed E-state index contributed by atoms with van der Waals surface area (Å²) < 4.78 is 12.6. The highest BCUT2D eigenvalue weighted by Crippen LogP contribution is 2.17. The number of hydrogen-bond acceptors (Lipinski definition) is 4. The summed E-state index contributed by atoms with van der Waals surface area (Å²) in [6.07, 6.45) is 1.67. The molecule has 0 spiro atoms. The van der Waals surface area contributed by atoms with Gasteiger partial charge in [0.2, 0.25) is 0 Å². The standard InChI is InChI=1S/C22H25N3O3/c1-16(2)15-28-20-10-6-18(7-11-20)22(26)24-21-12-13-23-25(21)14-17-4-8-19(27-3)9-5-17/h4-13,16H,14-15H2,1-3H3,(H,24,26). The molecule has 0 atom stereocenters. The molecule has 1 heterocycles. The van der Waals surface area contributed by atoms with E-state index in [4.69, 9.17) is 9.47 Å².